The number of nitrogens with zero attached hydrogens (tertiary/aromatic N) is 1. The molecule has 0 aliphatic carbocycles. The van der Waals surface area contributed by atoms with Gasteiger partial charge in [0, 0.05) is 17.5 Å². The molecule has 4 aromatic rings. The summed E-state index contributed by atoms with van der Waals surface area (Å²) >= 11 is 0.660. The van der Waals surface area contributed by atoms with Gasteiger partial charge in [0.15, 0.2) is 29.0 Å². The zero-order chi connectivity index (χ0) is 28.8. The van der Waals surface area contributed by atoms with Gasteiger partial charge in [0.1, 0.15) is 17.2 Å². The Morgan fingerprint density at radius 2 is 1.94 bits per heavy atom. The highest BCUT2D eigenvalue weighted by atomic mass is 32.1. The number of fused-ring (bicyclic) bond motifs is 1. The van der Waals surface area contributed by atoms with Crippen LogP contribution in [-0.4, -0.2) is 34.8 Å². The molecule has 2 heterocycles. The van der Waals surface area contributed by atoms with Crippen molar-refractivity contribution in [1.29, 1.82) is 0 Å². The number of aromatic carboxylic acids is 1. The highest BCUT2D eigenvalue weighted by Gasteiger charge is 2.23. The van der Waals surface area contributed by atoms with E-state index < -0.39 is 87.1 Å². The monoisotopic (exact) mass is 512 g/mol. The Kier molecular flexibility index (Phi) is 5.00. The van der Waals surface area contributed by atoms with Crippen molar-refractivity contribution in [2.45, 2.75) is 6.58 Å². The molecule has 35 heavy (non-hydrogen) atoms. The highest BCUT2D eigenvalue weighted by molar-refractivity contribution is 7.13. The van der Waals surface area contributed by atoms with E-state index in [9.17, 15) is 28.3 Å². The van der Waals surface area contributed by atoms with Gasteiger partial charge in [-0.3, -0.25) is 4.79 Å². The highest BCUT2D eigenvalue weighted by Crippen LogP contribution is 2.33. The molecule has 0 bridgehead atoms. The fraction of sp³-hybridized carbons (Fsp3) is 0.136. The van der Waals surface area contributed by atoms with E-state index in [2.05, 4.69) is 9.72 Å². The Morgan fingerprint density at radius 1 is 1.17 bits per heavy atom. The summed E-state index contributed by atoms with van der Waals surface area (Å²) in [5, 5.41) is 10.2. The molecule has 13 heteroatoms. The van der Waals surface area contributed by atoms with Gasteiger partial charge in [-0.15, -0.1) is 11.3 Å². The number of hydrogen-bond acceptors (Lipinski definition) is 7. The van der Waals surface area contributed by atoms with Gasteiger partial charge in [-0.1, -0.05) is 0 Å². The number of thiophene rings is 1. The van der Waals surface area contributed by atoms with Gasteiger partial charge >= 0.3 is 11.7 Å². The average molecular weight is 512 g/mol. The Bertz CT molecular complexity index is 1740. The number of benzene rings is 2. The quantitative estimate of drug-likeness (QED) is 0.389. The van der Waals surface area contributed by atoms with E-state index in [1.54, 1.807) is 0 Å². The summed E-state index contributed by atoms with van der Waals surface area (Å²) in [4.78, 5) is 39.2. The van der Waals surface area contributed by atoms with E-state index in [4.69, 9.17) is 15.0 Å². The topological polar surface area (TPSA) is 120 Å². The maximum absolute atomic E-state index is 15.1. The second-order valence-corrected chi connectivity index (χ2v) is 7.67. The number of aromatic nitrogens is 2. The minimum absolute atomic E-state index is 0.0939. The lowest BCUT2D eigenvalue weighted by molar-refractivity contribution is 0.0704. The van der Waals surface area contributed by atoms with Crippen LogP contribution in [0.5, 0.6) is 17.2 Å². The molecular formula is C22H15F3N2O7S. The predicted molar refractivity (Wildman–Crippen MR) is 119 cm³/mol. The van der Waals surface area contributed by atoms with Crippen molar-refractivity contribution in [3.8, 4) is 22.9 Å². The van der Waals surface area contributed by atoms with Crippen molar-refractivity contribution in [2.24, 2.45) is 0 Å². The van der Waals surface area contributed by atoms with Gasteiger partial charge in [0.25, 0.3) is 5.56 Å². The van der Waals surface area contributed by atoms with Crippen molar-refractivity contribution in [1.82, 2.24) is 9.55 Å². The maximum atomic E-state index is 15.1. The number of rotatable bonds is 7. The molecule has 1 atom stereocenters. The van der Waals surface area contributed by atoms with E-state index in [-0.39, 0.29) is 10.1 Å². The summed E-state index contributed by atoms with van der Waals surface area (Å²) in [6.07, 6.45) is 0. The zero-order valence-electron chi connectivity index (χ0n) is 21.4. The predicted octanol–water partition coefficient (Wildman–Crippen LogP) is 3.45. The number of carbonyl (C=O) groups is 1. The molecule has 0 fully saturated rings. The standard InChI is InChI=1S/C22H15F3N2O7S/c1-32-14-4-3-10(23)18(25)9(14)7-34-16-6-13(11(24)5-15(16)33-2)27-20(28)17-12(26-22(27)31)8-35-19(17)21(29)30/h3-6,8H,7H2,1-2H3,(H,26,31)(H,29,30)/i1D3,7D. The lowest BCUT2D eigenvalue weighted by atomic mass is 10.2. The summed E-state index contributed by atoms with van der Waals surface area (Å²) in [5.74, 6) is -7.48. The van der Waals surface area contributed by atoms with E-state index in [1.807, 2.05) is 0 Å². The van der Waals surface area contributed by atoms with Crippen LogP contribution >= 0.6 is 11.3 Å². The van der Waals surface area contributed by atoms with Crippen molar-refractivity contribution in [3.05, 3.63) is 78.4 Å². The number of nitrogens with one attached hydrogen (secondary N) is 1. The number of carboxylic acid groups (broad SMARTS) is 1. The third kappa shape index (κ3) is 4.10. The van der Waals surface area contributed by atoms with Crippen molar-refractivity contribution >= 4 is 28.2 Å². The number of aromatic amines is 1. The molecule has 0 saturated heterocycles. The fourth-order valence-corrected chi connectivity index (χ4v) is 4.06. The first kappa shape index (κ1) is 19.1. The number of hydrogen-bond donors (Lipinski definition) is 2. The number of halogens is 3. The third-order valence-corrected chi connectivity index (χ3v) is 5.80. The van der Waals surface area contributed by atoms with Crippen LogP contribution < -0.4 is 25.5 Å². The molecule has 0 saturated carbocycles. The number of ether oxygens (including phenoxy) is 3. The fourth-order valence-electron chi connectivity index (χ4n) is 3.23. The third-order valence-electron chi connectivity index (χ3n) is 4.83. The summed E-state index contributed by atoms with van der Waals surface area (Å²) in [6, 6.07) is 2.76. The zero-order valence-corrected chi connectivity index (χ0v) is 18.2. The van der Waals surface area contributed by atoms with Gasteiger partial charge in [-0.05, 0) is 12.1 Å². The second-order valence-electron chi connectivity index (χ2n) is 6.79. The molecule has 1 unspecified atom stereocenters. The van der Waals surface area contributed by atoms with Gasteiger partial charge in [0.2, 0.25) is 0 Å². The minimum Gasteiger partial charge on any atom is -0.496 e. The Labute approximate surface area is 203 Å². The first-order chi connectivity index (χ1) is 18.2. The van der Waals surface area contributed by atoms with Gasteiger partial charge < -0.3 is 24.3 Å². The molecule has 0 amide bonds. The first-order valence-electron chi connectivity index (χ1n) is 11.4. The van der Waals surface area contributed by atoms with Crippen molar-refractivity contribution < 1.29 is 42.8 Å². The van der Waals surface area contributed by atoms with E-state index >= 15 is 4.39 Å². The lowest BCUT2D eigenvalue weighted by Gasteiger charge is -2.16. The molecule has 4 rings (SSSR count). The van der Waals surface area contributed by atoms with E-state index in [1.165, 1.54) is 5.38 Å². The van der Waals surface area contributed by atoms with Crippen LogP contribution in [0.15, 0.2) is 39.2 Å². The van der Waals surface area contributed by atoms with Crippen LogP contribution in [-0.2, 0) is 6.58 Å². The van der Waals surface area contributed by atoms with Gasteiger partial charge in [-0.25, -0.2) is 27.3 Å². The molecule has 9 nitrogen and oxygen atoms in total. The summed E-state index contributed by atoms with van der Waals surface area (Å²) in [7, 11) is -2.03. The smallest absolute Gasteiger partial charge is 0.346 e. The molecule has 2 aromatic heterocycles. The van der Waals surface area contributed by atoms with Crippen LogP contribution in [0.2, 0.25) is 0 Å². The SMILES string of the molecule is [2H]C(Oc1cc(-n2c(=O)[nH]c3csc(C(=O)O)c3c2=O)c(F)cc1OC)c1c(OC([2H])([2H])[2H])ccc(F)c1F. The molecule has 0 aliphatic rings. The molecule has 2 N–H and O–H groups in total. The average Bonchev–Trinajstić information content (AvgIpc) is 3.26. The largest absolute Gasteiger partial charge is 0.496 e. The van der Waals surface area contributed by atoms with E-state index in [0.29, 0.717) is 23.5 Å². The van der Waals surface area contributed by atoms with Gasteiger partial charge in [-0.2, -0.15) is 0 Å². The maximum Gasteiger partial charge on any atom is 0.346 e. The molecular weight excluding hydrogens is 493 g/mol. The second kappa shape index (κ2) is 9.18. The van der Waals surface area contributed by atoms with Crippen molar-refractivity contribution in [3.63, 3.8) is 0 Å². The van der Waals surface area contributed by atoms with Crippen LogP contribution in [0.4, 0.5) is 13.2 Å². The normalized spacial score (nSPS) is 13.9. The molecule has 0 spiro atoms. The number of carboxylic acids is 1. The van der Waals surface area contributed by atoms with Crippen LogP contribution in [0, 0.1) is 17.5 Å². The Hall–Kier alpha value is -4.26. The Balaban J connectivity index is 1.87. The van der Waals surface area contributed by atoms with Crippen LogP contribution in [0.3, 0.4) is 0 Å². The first-order valence-corrected chi connectivity index (χ1v) is 10.2. The summed E-state index contributed by atoms with van der Waals surface area (Å²) in [6.45, 7) is -2.22. The molecule has 182 valence electrons. The molecule has 0 radical (unpaired) electrons. The molecule has 0 aliphatic heterocycles. The number of methoxy groups -OCH3 is 2. The van der Waals surface area contributed by atoms with Crippen LogP contribution in [0.25, 0.3) is 16.6 Å². The van der Waals surface area contributed by atoms with Crippen molar-refractivity contribution in [2.75, 3.05) is 14.1 Å². The number of H-pyrrole nitrogens is 1. The van der Waals surface area contributed by atoms with E-state index in [0.717, 1.165) is 19.2 Å². The van der Waals surface area contributed by atoms with Gasteiger partial charge in [0.05, 0.1) is 41.8 Å². The summed E-state index contributed by atoms with van der Waals surface area (Å²) < 4.78 is 88.8. The van der Waals surface area contributed by atoms with Crippen LogP contribution in [0.1, 0.15) is 20.7 Å². The molecule has 2 aromatic carbocycles. The minimum atomic E-state index is -3.10. The lowest BCUT2D eigenvalue weighted by Crippen LogP contribution is -2.34. The summed E-state index contributed by atoms with van der Waals surface area (Å²) in [5.41, 5.74) is -4.14. The Morgan fingerprint density at radius 3 is 2.63 bits per heavy atom.